The van der Waals surface area contributed by atoms with Gasteiger partial charge in [-0.25, -0.2) is 4.98 Å². The highest BCUT2D eigenvalue weighted by Gasteiger charge is 2.23. The van der Waals surface area contributed by atoms with Crippen LogP contribution in [0, 0.1) is 5.92 Å². The molecule has 3 heterocycles. The summed E-state index contributed by atoms with van der Waals surface area (Å²) in [6.45, 7) is 2.32. The van der Waals surface area contributed by atoms with Crippen LogP contribution in [0.25, 0.3) is 15.9 Å². The maximum Gasteiger partial charge on any atom is 0.336 e. The molecule has 1 atom stereocenters. The number of nitrogens with zero attached hydrogens (tertiary/aromatic N) is 4. The number of thiophene rings is 1. The van der Waals surface area contributed by atoms with Crippen molar-refractivity contribution in [1.29, 1.82) is 0 Å². The minimum absolute atomic E-state index is 0.401. The van der Waals surface area contributed by atoms with Crippen molar-refractivity contribution in [3.8, 4) is 6.01 Å². The van der Waals surface area contributed by atoms with E-state index in [0.717, 1.165) is 29.2 Å². The lowest BCUT2D eigenvalue weighted by Crippen LogP contribution is -2.08. The van der Waals surface area contributed by atoms with E-state index in [-0.39, 0.29) is 0 Å². The van der Waals surface area contributed by atoms with Crippen LogP contribution >= 0.6 is 11.3 Å². The number of aryl methyl sites for hydroxylation is 1. The highest BCUT2D eigenvalue weighted by atomic mass is 32.1. The average molecular weight is 274 g/mol. The summed E-state index contributed by atoms with van der Waals surface area (Å²) in [5.74, 6) is 0.768. The maximum atomic E-state index is 5.12. The highest BCUT2D eigenvalue weighted by Crippen LogP contribution is 2.38. The molecule has 0 aromatic carbocycles. The highest BCUT2D eigenvalue weighted by molar-refractivity contribution is 7.19. The van der Waals surface area contributed by atoms with Crippen molar-refractivity contribution < 1.29 is 4.74 Å². The van der Waals surface area contributed by atoms with Gasteiger partial charge in [-0.2, -0.15) is 9.50 Å². The predicted octanol–water partition coefficient (Wildman–Crippen LogP) is 2.47. The average Bonchev–Trinajstić information content (AvgIpc) is 2.97. The lowest BCUT2D eigenvalue weighted by atomic mass is 9.89. The normalized spacial score (nSPS) is 18.9. The zero-order valence-corrected chi connectivity index (χ0v) is 11.7. The third-order valence-electron chi connectivity index (χ3n) is 3.80. The Morgan fingerprint density at radius 1 is 1.47 bits per heavy atom. The van der Waals surface area contributed by atoms with Crippen LogP contribution in [0.15, 0.2) is 6.33 Å². The van der Waals surface area contributed by atoms with Gasteiger partial charge < -0.3 is 4.74 Å². The zero-order chi connectivity index (χ0) is 13.0. The zero-order valence-electron chi connectivity index (χ0n) is 10.9. The van der Waals surface area contributed by atoms with Crippen LogP contribution in [0.4, 0.5) is 0 Å². The minimum Gasteiger partial charge on any atom is -0.466 e. The number of ether oxygens (including phenoxy) is 1. The van der Waals surface area contributed by atoms with E-state index in [2.05, 4.69) is 22.0 Å². The number of hydrogen-bond acceptors (Lipinski definition) is 5. The SMILES string of the molecule is COc1nc2c3c4c(sc3ncn2n1)CC(C)CC4. The molecule has 3 aromatic rings. The molecule has 1 unspecified atom stereocenters. The van der Waals surface area contributed by atoms with E-state index in [9.17, 15) is 0 Å². The van der Waals surface area contributed by atoms with Crippen molar-refractivity contribution in [2.45, 2.75) is 26.2 Å². The van der Waals surface area contributed by atoms with Gasteiger partial charge in [0.05, 0.1) is 12.5 Å². The first-order valence-electron chi connectivity index (χ1n) is 6.46. The van der Waals surface area contributed by atoms with Crippen LogP contribution in [-0.4, -0.2) is 26.7 Å². The Balaban J connectivity index is 2.06. The second-order valence-electron chi connectivity index (χ2n) is 5.14. The van der Waals surface area contributed by atoms with Crippen LogP contribution in [0.5, 0.6) is 6.01 Å². The summed E-state index contributed by atoms with van der Waals surface area (Å²) in [5, 5.41) is 5.42. The molecule has 6 heteroatoms. The quantitative estimate of drug-likeness (QED) is 0.684. The van der Waals surface area contributed by atoms with E-state index >= 15 is 0 Å². The molecule has 4 rings (SSSR count). The Bertz CT molecular complexity index is 776. The molecule has 1 aliphatic carbocycles. The van der Waals surface area contributed by atoms with Crippen LogP contribution in [0.1, 0.15) is 23.8 Å². The van der Waals surface area contributed by atoms with Crippen molar-refractivity contribution in [3.63, 3.8) is 0 Å². The summed E-state index contributed by atoms with van der Waals surface area (Å²) in [6.07, 6.45) is 5.24. The Hall–Kier alpha value is -1.69. The Kier molecular flexibility index (Phi) is 2.29. The molecular weight excluding hydrogens is 260 g/mol. The van der Waals surface area contributed by atoms with Crippen molar-refractivity contribution in [2.75, 3.05) is 7.11 Å². The largest absolute Gasteiger partial charge is 0.466 e. The molecule has 3 aromatic heterocycles. The van der Waals surface area contributed by atoms with Gasteiger partial charge >= 0.3 is 6.01 Å². The van der Waals surface area contributed by atoms with Crippen LogP contribution < -0.4 is 4.74 Å². The summed E-state index contributed by atoms with van der Waals surface area (Å²) in [6, 6.07) is 0.401. The first kappa shape index (κ1) is 11.2. The first-order valence-corrected chi connectivity index (χ1v) is 7.27. The molecule has 98 valence electrons. The summed E-state index contributed by atoms with van der Waals surface area (Å²) >= 11 is 1.80. The summed E-state index contributed by atoms with van der Waals surface area (Å²) in [7, 11) is 1.59. The number of aromatic nitrogens is 4. The van der Waals surface area contributed by atoms with E-state index in [4.69, 9.17) is 4.74 Å². The lowest BCUT2D eigenvalue weighted by Gasteiger charge is -2.17. The van der Waals surface area contributed by atoms with Crippen molar-refractivity contribution in [1.82, 2.24) is 19.6 Å². The molecule has 0 aliphatic heterocycles. The molecule has 0 fully saturated rings. The number of fused-ring (bicyclic) bond motifs is 5. The second-order valence-corrected chi connectivity index (χ2v) is 6.23. The molecule has 0 saturated heterocycles. The predicted molar refractivity (Wildman–Crippen MR) is 73.9 cm³/mol. The van der Waals surface area contributed by atoms with Crippen LogP contribution in [-0.2, 0) is 12.8 Å². The van der Waals surface area contributed by atoms with E-state index in [1.165, 1.54) is 22.2 Å². The molecule has 0 amide bonds. The second kappa shape index (κ2) is 3.90. The fraction of sp³-hybridized carbons (Fsp3) is 0.462. The Labute approximate surface area is 114 Å². The smallest absolute Gasteiger partial charge is 0.336 e. The van der Waals surface area contributed by atoms with Gasteiger partial charge in [-0.15, -0.1) is 16.4 Å². The molecule has 1 aliphatic rings. The van der Waals surface area contributed by atoms with E-state index in [1.54, 1.807) is 29.3 Å². The molecule has 0 bridgehead atoms. The maximum absolute atomic E-state index is 5.12. The van der Waals surface area contributed by atoms with Gasteiger partial charge in [-0.05, 0) is 30.7 Å². The topological polar surface area (TPSA) is 52.3 Å². The molecule has 0 N–H and O–H groups in total. The molecular formula is C13H14N4OS. The van der Waals surface area contributed by atoms with Crippen molar-refractivity contribution in [3.05, 3.63) is 16.8 Å². The van der Waals surface area contributed by atoms with Gasteiger partial charge in [0.2, 0.25) is 0 Å². The van der Waals surface area contributed by atoms with Gasteiger partial charge in [0.25, 0.3) is 0 Å². The molecule has 0 saturated carbocycles. The minimum atomic E-state index is 0.401. The molecule has 0 radical (unpaired) electrons. The lowest BCUT2D eigenvalue weighted by molar-refractivity contribution is 0.380. The summed E-state index contributed by atoms with van der Waals surface area (Å²) < 4.78 is 6.83. The number of hydrogen-bond donors (Lipinski definition) is 0. The summed E-state index contributed by atoms with van der Waals surface area (Å²) in [4.78, 5) is 11.5. The van der Waals surface area contributed by atoms with Crippen LogP contribution in [0.3, 0.4) is 0 Å². The van der Waals surface area contributed by atoms with Crippen molar-refractivity contribution in [2.24, 2.45) is 5.92 Å². The standard InChI is InChI=1S/C13H14N4OS/c1-7-3-4-8-9(5-7)19-12-10(8)11-15-13(18-2)16-17(11)6-14-12/h6-7H,3-5H2,1-2H3. The number of methoxy groups -OCH3 is 1. The first-order chi connectivity index (χ1) is 9.26. The van der Waals surface area contributed by atoms with E-state index < -0.39 is 0 Å². The monoisotopic (exact) mass is 274 g/mol. The van der Waals surface area contributed by atoms with Gasteiger partial charge in [0, 0.05) is 4.88 Å². The molecule has 0 spiro atoms. The summed E-state index contributed by atoms with van der Waals surface area (Å²) in [5.41, 5.74) is 2.29. The Morgan fingerprint density at radius 3 is 3.21 bits per heavy atom. The van der Waals surface area contributed by atoms with Gasteiger partial charge in [-0.3, -0.25) is 0 Å². The van der Waals surface area contributed by atoms with Gasteiger partial charge in [-0.1, -0.05) is 6.92 Å². The van der Waals surface area contributed by atoms with E-state index in [0.29, 0.717) is 6.01 Å². The fourth-order valence-electron chi connectivity index (χ4n) is 2.81. The third kappa shape index (κ3) is 1.56. The fourth-order valence-corrected chi connectivity index (χ4v) is 4.15. The van der Waals surface area contributed by atoms with Crippen molar-refractivity contribution >= 4 is 27.2 Å². The number of rotatable bonds is 1. The van der Waals surface area contributed by atoms with Gasteiger partial charge in [0.1, 0.15) is 11.2 Å². The third-order valence-corrected chi connectivity index (χ3v) is 4.96. The Morgan fingerprint density at radius 2 is 2.37 bits per heavy atom. The van der Waals surface area contributed by atoms with Gasteiger partial charge in [0.15, 0.2) is 5.65 Å². The van der Waals surface area contributed by atoms with Crippen LogP contribution in [0.2, 0.25) is 0 Å². The molecule has 5 nitrogen and oxygen atoms in total. The molecule has 19 heavy (non-hydrogen) atoms. The van der Waals surface area contributed by atoms with E-state index in [1.807, 2.05) is 0 Å².